The van der Waals surface area contributed by atoms with E-state index in [4.69, 9.17) is 0 Å². The number of benzene rings is 2. The molecular formula is C31H34N4O2S. The maximum absolute atomic E-state index is 13.2. The van der Waals surface area contributed by atoms with Crippen LogP contribution in [0.15, 0.2) is 71.9 Å². The summed E-state index contributed by atoms with van der Waals surface area (Å²) in [6.45, 7) is 7.16. The van der Waals surface area contributed by atoms with E-state index in [0.29, 0.717) is 24.0 Å². The van der Waals surface area contributed by atoms with Crippen LogP contribution in [0.4, 0.5) is 0 Å². The van der Waals surface area contributed by atoms with Crippen LogP contribution in [0.2, 0.25) is 0 Å². The molecule has 0 amide bonds. The van der Waals surface area contributed by atoms with Crippen molar-refractivity contribution in [1.82, 2.24) is 18.8 Å². The third kappa shape index (κ3) is 4.70. The number of sulfonamides is 1. The van der Waals surface area contributed by atoms with Gasteiger partial charge in [0, 0.05) is 68.3 Å². The van der Waals surface area contributed by atoms with E-state index in [1.165, 1.54) is 27.7 Å². The minimum absolute atomic E-state index is 0.392. The monoisotopic (exact) mass is 526 g/mol. The number of hydrogen-bond donors (Lipinski definition) is 0. The fourth-order valence-electron chi connectivity index (χ4n) is 5.95. The van der Waals surface area contributed by atoms with Crippen molar-refractivity contribution in [2.24, 2.45) is 0 Å². The zero-order valence-electron chi connectivity index (χ0n) is 22.0. The molecule has 4 aromatic rings. The third-order valence-corrected chi connectivity index (χ3v) is 10.0. The molecule has 0 N–H and O–H groups in total. The molecule has 2 aliphatic rings. The lowest BCUT2D eigenvalue weighted by atomic mass is 9.98. The second kappa shape index (κ2) is 10.1. The summed E-state index contributed by atoms with van der Waals surface area (Å²) in [5, 5.41) is 1.32. The van der Waals surface area contributed by atoms with Gasteiger partial charge in [0.1, 0.15) is 0 Å². The van der Waals surface area contributed by atoms with Crippen LogP contribution in [0.25, 0.3) is 23.2 Å². The minimum atomic E-state index is -3.44. The van der Waals surface area contributed by atoms with Crippen LogP contribution in [0, 0.1) is 13.8 Å². The Balaban J connectivity index is 1.22. The molecule has 6 rings (SSSR count). The van der Waals surface area contributed by atoms with Crippen molar-refractivity contribution >= 4 is 33.2 Å². The zero-order valence-corrected chi connectivity index (χ0v) is 22.9. The molecule has 0 saturated carbocycles. The summed E-state index contributed by atoms with van der Waals surface area (Å²) in [4.78, 5) is 7.10. The Kier molecular flexibility index (Phi) is 6.68. The van der Waals surface area contributed by atoms with Crippen molar-refractivity contribution in [2.75, 3.05) is 19.6 Å². The smallest absolute Gasteiger partial charge is 0.243 e. The maximum atomic E-state index is 13.2. The standard InChI is InChI=1S/C31H34N4O2S/c1-23-3-6-27(7-4-23)38(36,37)34-18-12-26(13-19-34)33-17-14-31-29(22-33)28-21-24(2)5-8-30(28)35(31)20-11-25-9-15-32-16-10-25/h3-11,15-16,20-21,26H,12-14,17-19,22H2,1-2H3/b20-11+. The third-order valence-electron chi connectivity index (χ3n) is 8.09. The minimum Gasteiger partial charge on any atom is -0.320 e. The average molecular weight is 527 g/mol. The van der Waals surface area contributed by atoms with Crippen molar-refractivity contribution in [3.63, 3.8) is 0 Å². The van der Waals surface area contributed by atoms with Gasteiger partial charge < -0.3 is 4.57 Å². The largest absolute Gasteiger partial charge is 0.320 e. The summed E-state index contributed by atoms with van der Waals surface area (Å²) in [5.41, 5.74) is 7.49. The highest BCUT2D eigenvalue weighted by Crippen LogP contribution is 2.34. The van der Waals surface area contributed by atoms with Crippen LogP contribution >= 0.6 is 0 Å². The second-order valence-electron chi connectivity index (χ2n) is 10.6. The maximum Gasteiger partial charge on any atom is 0.243 e. The van der Waals surface area contributed by atoms with E-state index in [9.17, 15) is 8.42 Å². The number of aryl methyl sites for hydroxylation is 2. The van der Waals surface area contributed by atoms with Crippen molar-refractivity contribution in [2.45, 2.75) is 50.6 Å². The first kappa shape index (κ1) is 25.0. The molecule has 0 unspecified atom stereocenters. The highest BCUT2D eigenvalue weighted by Gasteiger charge is 2.34. The zero-order chi connectivity index (χ0) is 26.3. The van der Waals surface area contributed by atoms with Gasteiger partial charge in [0.05, 0.1) is 10.4 Å². The Morgan fingerprint density at radius 3 is 2.34 bits per heavy atom. The Hall–Kier alpha value is -3.26. The van der Waals surface area contributed by atoms with Crippen LogP contribution in [-0.2, 0) is 23.0 Å². The van der Waals surface area contributed by atoms with E-state index in [1.807, 2.05) is 43.6 Å². The van der Waals surface area contributed by atoms with Gasteiger partial charge >= 0.3 is 0 Å². The number of aromatic nitrogens is 2. The SMILES string of the molecule is Cc1ccc(S(=O)(=O)N2CCC(N3CCc4c(c5cc(C)ccc5n4/C=C/c4ccncc4)C3)CC2)cc1. The van der Waals surface area contributed by atoms with E-state index in [2.05, 4.69) is 51.8 Å². The highest BCUT2D eigenvalue weighted by molar-refractivity contribution is 7.89. The molecule has 38 heavy (non-hydrogen) atoms. The van der Waals surface area contributed by atoms with Gasteiger partial charge in [0.15, 0.2) is 0 Å². The van der Waals surface area contributed by atoms with Crippen LogP contribution < -0.4 is 0 Å². The molecule has 2 aromatic carbocycles. The van der Waals surface area contributed by atoms with Crippen molar-refractivity contribution in [3.05, 3.63) is 94.9 Å². The van der Waals surface area contributed by atoms with Crippen LogP contribution in [0.3, 0.4) is 0 Å². The molecule has 2 aliphatic heterocycles. The molecule has 1 saturated heterocycles. The van der Waals surface area contributed by atoms with Gasteiger partial charge in [-0.25, -0.2) is 8.42 Å². The van der Waals surface area contributed by atoms with E-state index in [0.717, 1.165) is 43.5 Å². The van der Waals surface area contributed by atoms with E-state index < -0.39 is 10.0 Å². The van der Waals surface area contributed by atoms with Gasteiger partial charge in [0.25, 0.3) is 0 Å². The van der Waals surface area contributed by atoms with E-state index in [1.54, 1.807) is 16.4 Å². The lowest BCUT2D eigenvalue weighted by Gasteiger charge is -2.40. The Morgan fingerprint density at radius 1 is 0.895 bits per heavy atom. The lowest BCUT2D eigenvalue weighted by molar-refractivity contribution is 0.126. The van der Waals surface area contributed by atoms with E-state index >= 15 is 0 Å². The summed E-state index contributed by atoms with van der Waals surface area (Å²) >= 11 is 0. The van der Waals surface area contributed by atoms with Crippen molar-refractivity contribution in [1.29, 1.82) is 0 Å². The number of nitrogens with zero attached hydrogens (tertiary/aromatic N) is 4. The first-order valence-corrected chi connectivity index (χ1v) is 14.9. The molecule has 0 atom stereocenters. The first-order chi connectivity index (χ1) is 18.4. The Morgan fingerprint density at radius 2 is 1.61 bits per heavy atom. The second-order valence-corrected chi connectivity index (χ2v) is 12.5. The topological polar surface area (TPSA) is 58.4 Å². The predicted molar refractivity (Wildman–Crippen MR) is 153 cm³/mol. The van der Waals surface area contributed by atoms with Gasteiger partial charge in [-0.15, -0.1) is 0 Å². The molecule has 1 fully saturated rings. The molecule has 0 radical (unpaired) electrons. The van der Waals surface area contributed by atoms with Crippen LogP contribution in [0.1, 0.15) is 40.8 Å². The Bertz CT molecular complexity index is 1580. The lowest BCUT2D eigenvalue weighted by Crippen LogP contribution is -2.48. The number of rotatable bonds is 5. The average Bonchev–Trinajstić information content (AvgIpc) is 3.24. The summed E-state index contributed by atoms with van der Waals surface area (Å²) in [6.07, 6.45) is 10.7. The van der Waals surface area contributed by atoms with Crippen molar-refractivity contribution in [3.8, 4) is 0 Å². The normalized spacial score (nSPS) is 17.8. The summed E-state index contributed by atoms with van der Waals surface area (Å²) in [6, 6.07) is 18.4. The Labute approximate surface area is 225 Å². The highest BCUT2D eigenvalue weighted by atomic mass is 32.2. The van der Waals surface area contributed by atoms with Gasteiger partial charge in [-0.05, 0) is 80.3 Å². The summed E-state index contributed by atoms with van der Waals surface area (Å²) in [7, 11) is -3.44. The van der Waals surface area contributed by atoms with Crippen LogP contribution in [0.5, 0.6) is 0 Å². The molecule has 6 nitrogen and oxygen atoms in total. The number of fused-ring (bicyclic) bond motifs is 3. The van der Waals surface area contributed by atoms with Gasteiger partial charge in [-0.2, -0.15) is 4.31 Å². The molecule has 0 aliphatic carbocycles. The fraction of sp³-hybridized carbons (Fsp3) is 0.323. The number of piperidine rings is 1. The summed E-state index contributed by atoms with van der Waals surface area (Å²) < 4.78 is 30.4. The fourth-order valence-corrected chi connectivity index (χ4v) is 7.42. The van der Waals surface area contributed by atoms with E-state index in [-0.39, 0.29) is 0 Å². The van der Waals surface area contributed by atoms with Crippen LogP contribution in [-0.4, -0.2) is 52.9 Å². The predicted octanol–water partition coefficient (Wildman–Crippen LogP) is 5.49. The summed E-state index contributed by atoms with van der Waals surface area (Å²) in [5.74, 6) is 0. The van der Waals surface area contributed by atoms with Crippen molar-refractivity contribution < 1.29 is 8.42 Å². The molecule has 4 heterocycles. The molecule has 7 heteroatoms. The quantitative estimate of drug-likeness (QED) is 0.345. The first-order valence-electron chi connectivity index (χ1n) is 13.4. The van der Waals surface area contributed by atoms with Gasteiger partial charge in [0.2, 0.25) is 10.0 Å². The number of pyridine rings is 1. The van der Waals surface area contributed by atoms with Gasteiger partial charge in [-0.3, -0.25) is 9.88 Å². The number of hydrogen-bond acceptors (Lipinski definition) is 4. The molecule has 0 spiro atoms. The van der Waals surface area contributed by atoms with Gasteiger partial charge in [-0.1, -0.05) is 29.3 Å². The molecule has 2 aromatic heterocycles. The molecular weight excluding hydrogens is 492 g/mol. The molecule has 196 valence electrons. The molecule has 0 bridgehead atoms.